The van der Waals surface area contributed by atoms with E-state index in [4.69, 9.17) is 0 Å². The van der Waals surface area contributed by atoms with Crippen molar-refractivity contribution in [1.29, 1.82) is 0 Å². The maximum absolute atomic E-state index is 13.0. The van der Waals surface area contributed by atoms with Gasteiger partial charge < -0.3 is 5.32 Å². The van der Waals surface area contributed by atoms with Crippen molar-refractivity contribution in [3.05, 3.63) is 57.0 Å². The second-order valence-electron chi connectivity index (χ2n) is 5.08. The molecule has 0 aliphatic heterocycles. The predicted octanol–water partition coefficient (Wildman–Crippen LogP) is 4.07. The predicted molar refractivity (Wildman–Crippen MR) is 78.3 cm³/mol. The first-order valence-electron chi connectivity index (χ1n) is 6.82. The second kappa shape index (κ2) is 5.43. The molecule has 1 aromatic carbocycles. The topological polar surface area (TPSA) is 12.0 Å². The highest BCUT2D eigenvalue weighted by Crippen LogP contribution is 2.35. The number of halogens is 1. The van der Waals surface area contributed by atoms with Crippen molar-refractivity contribution in [2.24, 2.45) is 0 Å². The third kappa shape index (κ3) is 2.58. The zero-order chi connectivity index (χ0) is 13.2. The molecule has 0 radical (unpaired) electrons. The quantitative estimate of drug-likeness (QED) is 0.890. The molecule has 0 saturated heterocycles. The average molecular weight is 275 g/mol. The van der Waals surface area contributed by atoms with Gasteiger partial charge in [0.15, 0.2) is 0 Å². The van der Waals surface area contributed by atoms with Crippen LogP contribution in [0.5, 0.6) is 0 Å². The van der Waals surface area contributed by atoms with Crippen LogP contribution < -0.4 is 5.32 Å². The molecule has 2 aromatic rings. The summed E-state index contributed by atoms with van der Waals surface area (Å²) < 4.78 is 13.0. The van der Waals surface area contributed by atoms with Crippen LogP contribution in [-0.2, 0) is 12.8 Å². The van der Waals surface area contributed by atoms with Crippen LogP contribution in [0.15, 0.2) is 30.3 Å². The van der Waals surface area contributed by atoms with Gasteiger partial charge in [-0.1, -0.05) is 12.1 Å². The van der Waals surface area contributed by atoms with Crippen LogP contribution in [0.2, 0.25) is 0 Å². The number of aryl methyl sites for hydroxylation is 2. The van der Waals surface area contributed by atoms with E-state index < -0.39 is 0 Å². The van der Waals surface area contributed by atoms with E-state index in [2.05, 4.69) is 11.4 Å². The Morgan fingerprint density at radius 2 is 1.89 bits per heavy atom. The molecule has 0 saturated carbocycles. The summed E-state index contributed by atoms with van der Waals surface area (Å²) in [5.41, 5.74) is 2.65. The van der Waals surface area contributed by atoms with Gasteiger partial charge in [-0.2, -0.15) is 0 Å². The highest BCUT2D eigenvalue weighted by Gasteiger charge is 2.19. The number of fused-ring (bicyclic) bond motifs is 1. The number of hydrogen-bond acceptors (Lipinski definition) is 2. The van der Waals surface area contributed by atoms with Crippen molar-refractivity contribution >= 4 is 11.3 Å². The number of rotatable bonds is 3. The summed E-state index contributed by atoms with van der Waals surface area (Å²) in [6.07, 6.45) is 5.06. The van der Waals surface area contributed by atoms with Crippen LogP contribution in [-0.4, -0.2) is 7.05 Å². The third-order valence-electron chi connectivity index (χ3n) is 3.79. The summed E-state index contributed by atoms with van der Waals surface area (Å²) in [5.74, 6) is -0.177. The maximum Gasteiger partial charge on any atom is 0.123 e. The van der Waals surface area contributed by atoms with Crippen LogP contribution in [0.4, 0.5) is 4.39 Å². The van der Waals surface area contributed by atoms with Gasteiger partial charge in [0.05, 0.1) is 6.04 Å². The normalized spacial score (nSPS) is 16.1. The highest BCUT2D eigenvalue weighted by molar-refractivity contribution is 7.12. The second-order valence-corrected chi connectivity index (χ2v) is 6.25. The number of hydrogen-bond donors (Lipinski definition) is 1. The fraction of sp³-hybridized carbons (Fsp3) is 0.375. The Labute approximate surface area is 117 Å². The first kappa shape index (κ1) is 12.8. The number of benzene rings is 1. The largest absolute Gasteiger partial charge is 0.309 e. The van der Waals surface area contributed by atoms with Crippen LogP contribution >= 0.6 is 11.3 Å². The summed E-state index contributed by atoms with van der Waals surface area (Å²) >= 11 is 1.91. The Hall–Kier alpha value is -1.19. The molecule has 1 atom stereocenters. The SMILES string of the molecule is CNC(c1ccc(F)cc1)c1cc2c(s1)CCCC2. The molecule has 0 bridgehead atoms. The molecule has 1 unspecified atom stereocenters. The molecule has 0 fully saturated rings. The molecule has 100 valence electrons. The summed E-state index contributed by atoms with van der Waals surface area (Å²) in [4.78, 5) is 2.89. The van der Waals surface area contributed by atoms with Crippen molar-refractivity contribution in [3.63, 3.8) is 0 Å². The molecule has 1 aliphatic rings. The Bertz CT molecular complexity index is 535. The average Bonchev–Trinajstić information content (AvgIpc) is 2.85. The fourth-order valence-electron chi connectivity index (χ4n) is 2.78. The monoisotopic (exact) mass is 275 g/mol. The highest BCUT2D eigenvalue weighted by atomic mass is 32.1. The Morgan fingerprint density at radius 3 is 2.58 bits per heavy atom. The lowest BCUT2D eigenvalue weighted by Gasteiger charge is -2.14. The van der Waals surface area contributed by atoms with Crippen molar-refractivity contribution in [2.75, 3.05) is 7.05 Å². The third-order valence-corrected chi connectivity index (χ3v) is 5.09. The van der Waals surface area contributed by atoms with Crippen LogP contribution in [0.25, 0.3) is 0 Å². The van der Waals surface area contributed by atoms with Gasteiger partial charge in [0.25, 0.3) is 0 Å². The molecule has 3 rings (SSSR count). The molecule has 0 spiro atoms. The van der Waals surface area contributed by atoms with Crippen molar-refractivity contribution < 1.29 is 4.39 Å². The lowest BCUT2D eigenvalue weighted by molar-refractivity contribution is 0.624. The molecular weight excluding hydrogens is 257 g/mol. The van der Waals surface area contributed by atoms with E-state index in [0.717, 1.165) is 5.56 Å². The lowest BCUT2D eigenvalue weighted by atomic mass is 9.98. The van der Waals surface area contributed by atoms with Crippen LogP contribution in [0.1, 0.15) is 39.8 Å². The lowest BCUT2D eigenvalue weighted by Crippen LogP contribution is -2.16. The molecule has 0 amide bonds. The zero-order valence-corrected chi connectivity index (χ0v) is 11.9. The molecule has 1 heterocycles. The minimum Gasteiger partial charge on any atom is -0.309 e. The van der Waals surface area contributed by atoms with E-state index in [1.165, 1.54) is 48.3 Å². The molecule has 1 aliphatic carbocycles. The first-order valence-corrected chi connectivity index (χ1v) is 7.64. The van der Waals surface area contributed by atoms with E-state index >= 15 is 0 Å². The fourth-order valence-corrected chi connectivity index (χ4v) is 4.18. The van der Waals surface area contributed by atoms with E-state index in [-0.39, 0.29) is 11.9 Å². The Morgan fingerprint density at radius 1 is 1.16 bits per heavy atom. The number of thiophene rings is 1. The first-order chi connectivity index (χ1) is 9.28. The van der Waals surface area contributed by atoms with Gasteiger partial charge in [0.1, 0.15) is 5.82 Å². The van der Waals surface area contributed by atoms with Crippen LogP contribution in [0.3, 0.4) is 0 Å². The van der Waals surface area contributed by atoms with Gasteiger partial charge in [-0.05, 0) is 62.1 Å². The van der Waals surface area contributed by atoms with E-state index in [1.807, 2.05) is 30.5 Å². The van der Waals surface area contributed by atoms with Gasteiger partial charge in [0, 0.05) is 9.75 Å². The van der Waals surface area contributed by atoms with Gasteiger partial charge in [0.2, 0.25) is 0 Å². The minimum atomic E-state index is -0.177. The van der Waals surface area contributed by atoms with Crippen LogP contribution in [0, 0.1) is 5.82 Å². The van der Waals surface area contributed by atoms with Crippen molar-refractivity contribution in [3.8, 4) is 0 Å². The molecule has 19 heavy (non-hydrogen) atoms. The summed E-state index contributed by atoms with van der Waals surface area (Å²) in [6.45, 7) is 0. The number of nitrogens with one attached hydrogen (secondary N) is 1. The molecule has 1 aromatic heterocycles. The zero-order valence-electron chi connectivity index (χ0n) is 11.1. The van der Waals surface area contributed by atoms with Gasteiger partial charge in [-0.25, -0.2) is 4.39 Å². The molecular formula is C16H18FNS. The van der Waals surface area contributed by atoms with Gasteiger partial charge in [-0.3, -0.25) is 0 Å². The Kier molecular flexibility index (Phi) is 3.67. The van der Waals surface area contributed by atoms with E-state index in [1.54, 1.807) is 4.88 Å². The van der Waals surface area contributed by atoms with Gasteiger partial charge >= 0.3 is 0 Å². The van der Waals surface area contributed by atoms with Gasteiger partial charge in [-0.15, -0.1) is 11.3 Å². The van der Waals surface area contributed by atoms with E-state index in [9.17, 15) is 4.39 Å². The standard InChI is InChI=1S/C16H18FNS/c1-18-16(11-6-8-13(17)9-7-11)15-10-12-4-2-3-5-14(12)19-15/h6-10,16,18H,2-5H2,1H3. The van der Waals surface area contributed by atoms with E-state index in [0.29, 0.717) is 0 Å². The molecule has 1 nitrogen and oxygen atoms in total. The maximum atomic E-state index is 13.0. The summed E-state index contributed by atoms with van der Waals surface area (Å²) in [5, 5.41) is 3.35. The molecule has 1 N–H and O–H groups in total. The van der Waals surface area contributed by atoms with Crippen molar-refractivity contribution in [1.82, 2.24) is 5.32 Å². The van der Waals surface area contributed by atoms with Crippen molar-refractivity contribution in [2.45, 2.75) is 31.7 Å². The summed E-state index contributed by atoms with van der Waals surface area (Å²) in [6, 6.07) is 9.32. The molecule has 3 heteroatoms. The summed E-state index contributed by atoms with van der Waals surface area (Å²) in [7, 11) is 1.97. The Balaban J connectivity index is 1.93. The minimum absolute atomic E-state index is 0.177. The smallest absolute Gasteiger partial charge is 0.123 e.